The highest BCUT2D eigenvalue weighted by Gasteiger charge is 2.24. The molecule has 0 unspecified atom stereocenters. The van der Waals surface area contributed by atoms with Crippen molar-refractivity contribution in [2.75, 3.05) is 0 Å². The molecule has 262 valence electrons. The normalized spacial score (nSPS) is 12.8. The highest BCUT2D eigenvalue weighted by Crippen LogP contribution is 2.45. The standard InChI is InChI=1S/C51H31N3O2/c1-2-14-30(15-3-1)49-52-50(42-26-31-16-4-5-17-33(31)34-18-6-7-19-35(34)42)54-51(53-49)43-27-32(28-46-47(43)39-23-11-13-25-45(39)55-46)40-29-41-37-21-10-12-24-44(37)56-48(41)38-22-9-8-20-36(38)40/h1-8,10-21,23-29H,9,22H2. The molecule has 12 rings (SSSR count). The zero-order chi connectivity index (χ0) is 36.7. The lowest BCUT2D eigenvalue weighted by Crippen LogP contribution is -2.02. The quantitative estimate of drug-likeness (QED) is 0.170. The van der Waals surface area contributed by atoms with Crippen molar-refractivity contribution in [3.8, 4) is 45.3 Å². The summed E-state index contributed by atoms with van der Waals surface area (Å²) in [5.41, 5.74) is 10.8. The maximum absolute atomic E-state index is 6.69. The second kappa shape index (κ2) is 12.1. The van der Waals surface area contributed by atoms with Crippen molar-refractivity contribution in [3.63, 3.8) is 0 Å². The third-order valence-corrected chi connectivity index (χ3v) is 11.4. The van der Waals surface area contributed by atoms with Crippen LogP contribution in [0.25, 0.3) is 117 Å². The zero-order valence-corrected chi connectivity index (χ0v) is 30.2. The lowest BCUT2D eigenvalue weighted by atomic mass is 9.87. The van der Waals surface area contributed by atoms with Crippen molar-refractivity contribution in [2.45, 2.75) is 12.8 Å². The van der Waals surface area contributed by atoms with Crippen molar-refractivity contribution >= 4 is 71.5 Å². The Morgan fingerprint density at radius 1 is 0.429 bits per heavy atom. The van der Waals surface area contributed by atoms with Crippen LogP contribution in [0.2, 0.25) is 0 Å². The fraction of sp³-hybridized carbons (Fsp3) is 0.0392. The van der Waals surface area contributed by atoms with Crippen LogP contribution in [0.15, 0.2) is 167 Å². The Kier molecular flexibility index (Phi) is 6.69. The third kappa shape index (κ3) is 4.71. The number of para-hydroxylation sites is 2. The largest absolute Gasteiger partial charge is 0.456 e. The first-order valence-electron chi connectivity index (χ1n) is 19.1. The minimum Gasteiger partial charge on any atom is -0.456 e. The third-order valence-electron chi connectivity index (χ3n) is 11.4. The number of aryl methyl sites for hydroxylation is 1. The average molecular weight is 718 g/mol. The summed E-state index contributed by atoms with van der Waals surface area (Å²) in [6, 6.07) is 52.7. The summed E-state index contributed by atoms with van der Waals surface area (Å²) >= 11 is 0. The zero-order valence-electron chi connectivity index (χ0n) is 30.2. The van der Waals surface area contributed by atoms with Crippen molar-refractivity contribution < 1.29 is 8.83 Å². The summed E-state index contributed by atoms with van der Waals surface area (Å²) in [5.74, 6) is 1.82. The second-order valence-electron chi connectivity index (χ2n) is 14.6. The maximum atomic E-state index is 6.69. The van der Waals surface area contributed by atoms with Gasteiger partial charge in [0.05, 0.1) is 0 Å². The van der Waals surface area contributed by atoms with Crippen molar-refractivity contribution in [2.24, 2.45) is 0 Å². The molecule has 5 heteroatoms. The number of aromatic nitrogens is 3. The van der Waals surface area contributed by atoms with Crippen LogP contribution in [0.1, 0.15) is 17.5 Å². The molecule has 3 heterocycles. The number of rotatable bonds is 4. The Bertz CT molecular complexity index is 3430. The molecule has 0 saturated carbocycles. The molecular formula is C51H31N3O2. The topological polar surface area (TPSA) is 65.0 Å². The Balaban J connectivity index is 1.18. The van der Waals surface area contributed by atoms with Crippen LogP contribution in [-0.4, -0.2) is 15.0 Å². The maximum Gasteiger partial charge on any atom is 0.164 e. The molecule has 0 N–H and O–H groups in total. The Morgan fingerprint density at radius 3 is 1.93 bits per heavy atom. The molecule has 0 fully saturated rings. The monoisotopic (exact) mass is 717 g/mol. The molecule has 3 aromatic heterocycles. The van der Waals surface area contributed by atoms with Gasteiger partial charge in [-0.1, -0.05) is 127 Å². The van der Waals surface area contributed by atoms with Gasteiger partial charge in [0, 0.05) is 43.8 Å². The van der Waals surface area contributed by atoms with Gasteiger partial charge in [-0.05, 0) is 87.5 Å². The second-order valence-corrected chi connectivity index (χ2v) is 14.6. The molecule has 0 aliphatic heterocycles. The van der Waals surface area contributed by atoms with Gasteiger partial charge in [0.1, 0.15) is 22.3 Å². The average Bonchev–Trinajstić information content (AvgIpc) is 3.84. The van der Waals surface area contributed by atoms with Gasteiger partial charge in [0.2, 0.25) is 0 Å². The van der Waals surface area contributed by atoms with Crippen LogP contribution < -0.4 is 0 Å². The van der Waals surface area contributed by atoms with E-state index in [-0.39, 0.29) is 0 Å². The lowest BCUT2D eigenvalue weighted by molar-refractivity contribution is 0.661. The number of hydrogen-bond acceptors (Lipinski definition) is 5. The van der Waals surface area contributed by atoms with Crippen molar-refractivity contribution in [3.05, 3.63) is 169 Å². The number of hydrogen-bond donors (Lipinski definition) is 0. The van der Waals surface area contributed by atoms with Gasteiger partial charge in [-0.25, -0.2) is 15.0 Å². The van der Waals surface area contributed by atoms with Gasteiger partial charge in [-0.15, -0.1) is 0 Å². The minimum absolute atomic E-state index is 0.587. The van der Waals surface area contributed by atoms with E-state index >= 15 is 0 Å². The summed E-state index contributed by atoms with van der Waals surface area (Å²) in [7, 11) is 0. The smallest absolute Gasteiger partial charge is 0.164 e. The highest BCUT2D eigenvalue weighted by molar-refractivity contribution is 6.16. The van der Waals surface area contributed by atoms with Gasteiger partial charge in [0.15, 0.2) is 17.5 Å². The molecule has 0 atom stereocenters. The SMILES string of the molecule is C1=Cc2c(-c3cc(-c4nc(-c5ccccc5)nc(-c5cc6ccccc6c6ccccc56)n4)c4c(c3)oc3ccccc34)cc3c(oc4ccccc43)c2CC1. The van der Waals surface area contributed by atoms with Gasteiger partial charge < -0.3 is 8.83 Å². The fourth-order valence-corrected chi connectivity index (χ4v) is 8.80. The predicted molar refractivity (Wildman–Crippen MR) is 228 cm³/mol. The van der Waals surface area contributed by atoms with E-state index in [0.29, 0.717) is 17.5 Å². The molecule has 56 heavy (non-hydrogen) atoms. The molecule has 11 aromatic rings. The van der Waals surface area contributed by atoms with Gasteiger partial charge in [-0.3, -0.25) is 0 Å². The number of allylic oxidation sites excluding steroid dienone is 1. The minimum atomic E-state index is 0.587. The summed E-state index contributed by atoms with van der Waals surface area (Å²) in [5, 5.41) is 8.81. The Morgan fingerprint density at radius 2 is 1.09 bits per heavy atom. The summed E-state index contributed by atoms with van der Waals surface area (Å²) in [6.45, 7) is 0. The van der Waals surface area contributed by atoms with Gasteiger partial charge >= 0.3 is 0 Å². The van der Waals surface area contributed by atoms with E-state index in [0.717, 1.165) is 101 Å². The van der Waals surface area contributed by atoms with Crippen molar-refractivity contribution in [1.29, 1.82) is 0 Å². The molecule has 8 aromatic carbocycles. The van der Waals surface area contributed by atoms with Gasteiger partial charge in [0.25, 0.3) is 0 Å². The first kappa shape index (κ1) is 31.0. The molecule has 1 aliphatic carbocycles. The number of furan rings is 2. The predicted octanol–water partition coefficient (Wildman–Crippen LogP) is 13.6. The van der Waals surface area contributed by atoms with E-state index in [2.05, 4.69) is 127 Å². The number of nitrogens with zero attached hydrogens (tertiary/aromatic N) is 3. The van der Waals surface area contributed by atoms with E-state index < -0.39 is 0 Å². The number of fused-ring (bicyclic) bond motifs is 11. The molecule has 0 bridgehead atoms. The van der Waals surface area contributed by atoms with Crippen LogP contribution >= 0.6 is 0 Å². The summed E-state index contributed by atoms with van der Waals surface area (Å²) in [6.07, 6.45) is 6.39. The van der Waals surface area contributed by atoms with Crippen LogP contribution in [0.5, 0.6) is 0 Å². The van der Waals surface area contributed by atoms with Crippen LogP contribution in [-0.2, 0) is 6.42 Å². The first-order valence-corrected chi connectivity index (χ1v) is 19.1. The summed E-state index contributed by atoms with van der Waals surface area (Å²) < 4.78 is 13.2. The summed E-state index contributed by atoms with van der Waals surface area (Å²) in [4.78, 5) is 15.9. The first-order chi connectivity index (χ1) is 27.7. The molecule has 5 nitrogen and oxygen atoms in total. The van der Waals surface area contributed by atoms with Gasteiger partial charge in [-0.2, -0.15) is 0 Å². The Labute approximate surface area is 321 Å². The van der Waals surface area contributed by atoms with E-state index in [9.17, 15) is 0 Å². The van der Waals surface area contributed by atoms with Crippen LogP contribution in [0.3, 0.4) is 0 Å². The molecule has 0 radical (unpaired) electrons. The number of benzene rings is 8. The van der Waals surface area contributed by atoms with E-state index in [1.165, 1.54) is 16.5 Å². The van der Waals surface area contributed by atoms with Crippen LogP contribution in [0, 0.1) is 0 Å². The molecular weight excluding hydrogens is 687 g/mol. The Hall–Kier alpha value is -7.37. The molecule has 0 spiro atoms. The van der Waals surface area contributed by atoms with Crippen LogP contribution in [0.4, 0.5) is 0 Å². The molecule has 0 saturated heterocycles. The highest BCUT2D eigenvalue weighted by atomic mass is 16.3. The van der Waals surface area contributed by atoms with E-state index in [1.807, 2.05) is 36.4 Å². The molecule has 0 amide bonds. The van der Waals surface area contributed by atoms with E-state index in [1.54, 1.807) is 0 Å². The molecule has 1 aliphatic rings. The van der Waals surface area contributed by atoms with Crippen molar-refractivity contribution in [1.82, 2.24) is 15.0 Å². The van der Waals surface area contributed by atoms with E-state index in [4.69, 9.17) is 23.8 Å². The fourth-order valence-electron chi connectivity index (χ4n) is 8.80. The lowest BCUT2D eigenvalue weighted by Gasteiger charge is -2.17.